The number of amides is 1. The van der Waals surface area contributed by atoms with Crippen molar-refractivity contribution < 1.29 is 9.63 Å². The minimum atomic E-state index is -0.631. The number of anilines is 2. The van der Waals surface area contributed by atoms with Crippen molar-refractivity contribution in [2.75, 3.05) is 16.8 Å². The first-order valence-corrected chi connectivity index (χ1v) is 16.0. The highest BCUT2D eigenvalue weighted by molar-refractivity contribution is 5.86. The first-order valence-electron chi connectivity index (χ1n) is 16.0. The molecule has 3 aromatic rings. The minimum absolute atomic E-state index is 0.205. The predicted molar refractivity (Wildman–Crippen MR) is 161 cm³/mol. The van der Waals surface area contributed by atoms with Gasteiger partial charge in [0.05, 0.1) is 6.04 Å². The van der Waals surface area contributed by atoms with Crippen molar-refractivity contribution in [3.05, 3.63) is 35.9 Å². The Morgan fingerprint density at radius 1 is 1.07 bits per heavy atom. The Morgan fingerprint density at radius 2 is 1.93 bits per heavy atom. The summed E-state index contributed by atoms with van der Waals surface area (Å²) in [7, 11) is 0. The topological polar surface area (TPSA) is 122 Å². The smallest absolute Gasteiger partial charge is 0.365 e. The van der Waals surface area contributed by atoms with Gasteiger partial charge in [-0.05, 0) is 81.3 Å². The minimum Gasteiger partial charge on any atom is -0.365 e. The molecule has 0 radical (unpaired) electrons. The summed E-state index contributed by atoms with van der Waals surface area (Å²) >= 11 is 0. The van der Waals surface area contributed by atoms with Crippen LogP contribution in [0.1, 0.15) is 102 Å². The maximum Gasteiger partial charge on any atom is 0.427 e. The van der Waals surface area contributed by atoms with Gasteiger partial charge in [0.25, 0.3) is 0 Å². The number of nitrogens with one attached hydrogen (secondary N) is 3. The van der Waals surface area contributed by atoms with Crippen LogP contribution in [-0.2, 0) is 11.4 Å². The van der Waals surface area contributed by atoms with E-state index in [1.807, 2.05) is 18.5 Å². The van der Waals surface area contributed by atoms with Crippen LogP contribution in [0.4, 0.5) is 16.6 Å². The average Bonchev–Trinajstić information content (AvgIpc) is 3.57. The summed E-state index contributed by atoms with van der Waals surface area (Å²) in [6.45, 7) is 6.45. The summed E-state index contributed by atoms with van der Waals surface area (Å²) in [6.07, 6.45) is 14.8. The van der Waals surface area contributed by atoms with Crippen LogP contribution in [0.3, 0.4) is 0 Å². The second kappa shape index (κ2) is 11.7. The highest BCUT2D eigenvalue weighted by Crippen LogP contribution is 2.40. The van der Waals surface area contributed by atoms with Gasteiger partial charge in [-0.1, -0.05) is 32.3 Å². The fourth-order valence-electron chi connectivity index (χ4n) is 7.20. The van der Waals surface area contributed by atoms with E-state index in [0.717, 1.165) is 49.1 Å². The number of hydroxylamine groups is 1. The number of fused-ring (bicyclic) bond motifs is 1. The van der Waals surface area contributed by atoms with Gasteiger partial charge in [-0.2, -0.15) is 4.98 Å². The molecule has 11 heteroatoms. The van der Waals surface area contributed by atoms with Crippen LogP contribution in [0.2, 0.25) is 0 Å². The van der Waals surface area contributed by atoms with Gasteiger partial charge in [-0.15, -0.1) is 5.48 Å². The number of carbonyl (C=O) groups excluding carboxylic acids is 1. The van der Waals surface area contributed by atoms with E-state index < -0.39 is 12.3 Å². The van der Waals surface area contributed by atoms with Crippen LogP contribution in [0.15, 0.2) is 24.5 Å². The normalized spacial score (nSPS) is 27.4. The van der Waals surface area contributed by atoms with Gasteiger partial charge in [0.15, 0.2) is 23.5 Å². The van der Waals surface area contributed by atoms with E-state index in [2.05, 4.69) is 50.5 Å². The lowest BCUT2D eigenvalue weighted by molar-refractivity contribution is 0.120. The first kappa shape index (κ1) is 27.4. The van der Waals surface area contributed by atoms with Crippen molar-refractivity contribution in [3.8, 4) is 0 Å². The third kappa shape index (κ3) is 5.39. The highest BCUT2D eigenvalue weighted by atomic mass is 16.7. The van der Waals surface area contributed by atoms with Gasteiger partial charge in [0.1, 0.15) is 5.52 Å². The molecular weight excluding hydrogens is 530 g/mol. The lowest BCUT2D eigenvalue weighted by Crippen LogP contribution is -2.36. The standard InChI is InChI=1S/C31H43N9O2/c1-19-11-13-21(14-12-19)18-40-25-26(33-20(2)22-7-5-8-22)34-28(29-37-31(41)42-38-29)35-27(25)36-30(40)39-16-4-3-10-24(39)23-9-6-15-32-17-23/h6,9,15,17,19-22,24,29,38H,3-5,7-8,10-14,16,18H2,1-2H3,(H,37,41)(H,33,34,35)/t19?,20-,21?,24?,29?/m1/s1. The van der Waals surface area contributed by atoms with Gasteiger partial charge >= 0.3 is 6.09 Å². The average molecular weight is 574 g/mol. The number of rotatable bonds is 8. The molecule has 2 aliphatic carbocycles. The van der Waals surface area contributed by atoms with Gasteiger partial charge in [0, 0.05) is 31.5 Å². The molecule has 42 heavy (non-hydrogen) atoms. The summed E-state index contributed by atoms with van der Waals surface area (Å²) in [5.41, 5.74) is 5.57. The molecule has 2 unspecified atom stereocenters. The third-order valence-corrected chi connectivity index (χ3v) is 10.0. The molecule has 5 heterocycles. The zero-order chi connectivity index (χ0) is 28.6. The Morgan fingerprint density at radius 3 is 2.64 bits per heavy atom. The van der Waals surface area contributed by atoms with Crippen molar-refractivity contribution in [2.45, 2.75) is 103 Å². The molecule has 0 bridgehead atoms. The maximum atomic E-state index is 11.9. The SMILES string of the molecule is CC1CCC(Cn2c(N3CCCCC3c3cccnc3)nc3nc(C4NOC(=O)N4)nc(N[C@H](C)C4CCC4)c32)CC1. The Labute approximate surface area is 247 Å². The first-order chi connectivity index (χ1) is 20.5. The summed E-state index contributed by atoms with van der Waals surface area (Å²) < 4.78 is 2.42. The fourth-order valence-corrected chi connectivity index (χ4v) is 7.20. The highest BCUT2D eigenvalue weighted by Gasteiger charge is 2.34. The zero-order valence-corrected chi connectivity index (χ0v) is 24.8. The van der Waals surface area contributed by atoms with E-state index in [1.165, 1.54) is 56.9 Å². The molecule has 3 aromatic heterocycles. The Hall–Kier alpha value is -3.47. The zero-order valence-electron chi connectivity index (χ0n) is 24.8. The molecule has 11 nitrogen and oxygen atoms in total. The van der Waals surface area contributed by atoms with Crippen molar-refractivity contribution >= 4 is 29.0 Å². The number of piperidine rings is 1. The number of aromatic nitrogens is 5. The lowest BCUT2D eigenvalue weighted by Gasteiger charge is -2.37. The van der Waals surface area contributed by atoms with Gasteiger partial charge in [0.2, 0.25) is 5.95 Å². The summed E-state index contributed by atoms with van der Waals surface area (Å²) in [5, 5.41) is 6.55. The second-order valence-corrected chi connectivity index (χ2v) is 13.0. The predicted octanol–water partition coefficient (Wildman–Crippen LogP) is 5.62. The van der Waals surface area contributed by atoms with Crippen molar-refractivity contribution in [2.24, 2.45) is 17.8 Å². The molecule has 0 aromatic carbocycles. The van der Waals surface area contributed by atoms with Gasteiger partial charge in [-0.3, -0.25) is 10.3 Å². The summed E-state index contributed by atoms with van der Waals surface area (Å²) in [4.78, 5) is 39.0. The molecule has 2 saturated heterocycles. The van der Waals surface area contributed by atoms with Gasteiger partial charge < -0.3 is 19.6 Å². The summed E-state index contributed by atoms with van der Waals surface area (Å²) in [6, 6.07) is 4.69. The van der Waals surface area contributed by atoms with E-state index in [0.29, 0.717) is 23.3 Å². The van der Waals surface area contributed by atoms with E-state index in [1.54, 1.807) is 0 Å². The number of hydrogen-bond acceptors (Lipinski definition) is 9. The number of imidazole rings is 1. The molecule has 2 aliphatic heterocycles. The Bertz CT molecular complexity index is 1400. The van der Waals surface area contributed by atoms with Crippen LogP contribution >= 0.6 is 0 Å². The number of carbonyl (C=O) groups is 1. The van der Waals surface area contributed by atoms with Crippen LogP contribution in [0.5, 0.6) is 0 Å². The van der Waals surface area contributed by atoms with Crippen LogP contribution in [0, 0.1) is 17.8 Å². The molecule has 3 atom stereocenters. The molecule has 2 saturated carbocycles. The van der Waals surface area contributed by atoms with Crippen LogP contribution in [0.25, 0.3) is 11.2 Å². The monoisotopic (exact) mass is 573 g/mol. The number of hydrogen-bond donors (Lipinski definition) is 3. The summed E-state index contributed by atoms with van der Waals surface area (Å²) in [5.74, 6) is 4.19. The molecule has 4 fully saturated rings. The maximum absolute atomic E-state index is 11.9. The number of nitrogens with zero attached hydrogens (tertiary/aromatic N) is 6. The number of pyridine rings is 1. The van der Waals surface area contributed by atoms with E-state index >= 15 is 0 Å². The Kier molecular flexibility index (Phi) is 7.60. The molecule has 224 valence electrons. The quantitative estimate of drug-likeness (QED) is 0.315. The third-order valence-electron chi connectivity index (χ3n) is 10.0. The lowest BCUT2D eigenvalue weighted by atomic mass is 9.80. The molecular formula is C31H43N9O2. The van der Waals surface area contributed by atoms with Gasteiger partial charge in [-0.25, -0.2) is 14.8 Å². The van der Waals surface area contributed by atoms with E-state index in [9.17, 15) is 4.79 Å². The van der Waals surface area contributed by atoms with Crippen LogP contribution in [-0.4, -0.2) is 43.2 Å². The van der Waals surface area contributed by atoms with Crippen LogP contribution < -0.4 is 21.0 Å². The molecule has 4 aliphatic rings. The van der Waals surface area contributed by atoms with Crippen molar-refractivity contribution in [1.29, 1.82) is 0 Å². The molecule has 3 N–H and O–H groups in total. The van der Waals surface area contributed by atoms with Crippen molar-refractivity contribution in [3.63, 3.8) is 0 Å². The Balaban J connectivity index is 1.35. The molecule has 7 rings (SSSR count). The van der Waals surface area contributed by atoms with E-state index in [4.69, 9.17) is 19.8 Å². The largest absolute Gasteiger partial charge is 0.427 e. The fraction of sp³-hybridized carbons (Fsp3) is 0.645. The molecule has 1 amide bonds. The molecule has 0 spiro atoms. The second-order valence-electron chi connectivity index (χ2n) is 13.0. The van der Waals surface area contributed by atoms with Crippen molar-refractivity contribution in [1.82, 2.24) is 35.3 Å². The van der Waals surface area contributed by atoms with E-state index in [-0.39, 0.29) is 12.1 Å².